The van der Waals surface area contributed by atoms with Gasteiger partial charge in [-0.15, -0.1) is 13.2 Å². The van der Waals surface area contributed by atoms with Crippen LogP contribution in [-0.4, -0.2) is 42.8 Å². The second kappa shape index (κ2) is 10.5. The van der Waals surface area contributed by atoms with E-state index in [1.54, 1.807) is 26.8 Å². The molecule has 0 aliphatic carbocycles. The fourth-order valence-electron chi connectivity index (χ4n) is 1.80. The van der Waals surface area contributed by atoms with Crippen LogP contribution in [0.4, 0.5) is 4.79 Å². The van der Waals surface area contributed by atoms with E-state index >= 15 is 0 Å². The number of hydrogen-bond acceptors (Lipinski definition) is 5. The molecule has 0 aromatic rings. The molecule has 7 nitrogen and oxygen atoms in total. The molecule has 136 valence electrons. The molecule has 0 radical (unpaired) electrons. The highest BCUT2D eigenvalue weighted by atomic mass is 16.6. The largest absolute Gasteiger partial charge is 0.467 e. The van der Waals surface area contributed by atoms with Crippen molar-refractivity contribution >= 4 is 18.0 Å². The fourth-order valence-corrected chi connectivity index (χ4v) is 1.80. The smallest absolute Gasteiger partial charge is 0.408 e. The van der Waals surface area contributed by atoms with E-state index in [1.165, 1.54) is 13.2 Å². The van der Waals surface area contributed by atoms with Gasteiger partial charge < -0.3 is 20.1 Å². The Labute approximate surface area is 143 Å². The molecule has 0 bridgehead atoms. The highest BCUT2D eigenvalue weighted by Crippen LogP contribution is 2.08. The molecular formula is C17H28N2O5. The summed E-state index contributed by atoms with van der Waals surface area (Å²) in [6.07, 6.45) is 3.50. The second-order valence-corrected chi connectivity index (χ2v) is 6.17. The maximum Gasteiger partial charge on any atom is 0.408 e. The van der Waals surface area contributed by atoms with Crippen molar-refractivity contribution in [1.82, 2.24) is 10.6 Å². The number of amides is 2. The molecule has 0 aromatic heterocycles. The van der Waals surface area contributed by atoms with Crippen LogP contribution in [0.2, 0.25) is 0 Å². The van der Waals surface area contributed by atoms with Crippen LogP contribution < -0.4 is 10.6 Å². The van der Waals surface area contributed by atoms with E-state index in [0.717, 1.165) is 0 Å². The minimum absolute atomic E-state index is 0.221. The zero-order valence-corrected chi connectivity index (χ0v) is 14.9. The first-order chi connectivity index (χ1) is 11.1. The lowest BCUT2D eigenvalue weighted by molar-refractivity contribution is -0.145. The van der Waals surface area contributed by atoms with Crippen molar-refractivity contribution in [3.05, 3.63) is 25.3 Å². The van der Waals surface area contributed by atoms with Crippen molar-refractivity contribution < 1.29 is 23.9 Å². The van der Waals surface area contributed by atoms with Crippen molar-refractivity contribution in [3.63, 3.8) is 0 Å². The molecule has 0 rings (SSSR count). The predicted octanol–water partition coefficient (Wildman–Crippen LogP) is 2.08. The van der Waals surface area contributed by atoms with Crippen LogP contribution in [-0.2, 0) is 19.1 Å². The van der Waals surface area contributed by atoms with Crippen LogP contribution >= 0.6 is 0 Å². The number of hydrogen-bond donors (Lipinski definition) is 2. The maximum absolute atomic E-state index is 12.4. The lowest BCUT2D eigenvalue weighted by atomic mass is 10.1. The number of carbonyl (C=O) groups excluding carboxylic acids is 3. The Morgan fingerprint density at radius 3 is 2.17 bits per heavy atom. The van der Waals surface area contributed by atoms with E-state index in [2.05, 4.69) is 28.5 Å². The van der Waals surface area contributed by atoms with Crippen LogP contribution in [0.25, 0.3) is 0 Å². The molecule has 0 aliphatic rings. The number of alkyl carbamates (subject to hydrolysis) is 1. The highest BCUT2D eigenvalue weighted by molar-refractivity contribution is 5.89. The number of carbonyl (C=O) groups is 3. The molecule has 0 saturated carbocycles. The third-order valence-electron chi connectivity index (χ3n) is 2.87. The Bertz CT molecular complexity index is 468. The lowest BCUT2D eigenvalue weighted by Gasteiger charge is -2.24. The third kappa shape index (κ3) is 8.97. The average molecular weight is 340 g/mol. The van der Waals surface area contributed by atoms with Crippen LogP contribution in [0.5, 0.6) is 0 Å². The molecule has 7 heteroatoms. The zero-order chi connectivity index (χ0) is 18.8. The number of allylic oxidation sites excluding steroid dienone is 1. The predicted molar refractivity (Wildman–Crippen MR) is 91.3 cm³/mol. The minimum atomic E-state index is -0.855. The van der Waals surface area contributed by atoms with E-state index in [1.807, 2.05) is 0 Å². The monoisotopic (exact) mass is 340 g/mol. The molecule has 2 N–H and O–H groups in total. The summed E-state index contributed by atoms with van der Waals surface area (Å²) in [7, 11) is 1.23. The second-order valence-electron chi connectivity index (χ2n) is 6.17. The van der Waals surface area contributed by atoms with Crippen LogP contribution in [0.15, 0.2) is 25.3 Å². The molecule has 0 unspecified atom stereocenters. The Morgan fingerprint density at radius 2 is 1.71 bits per heavy atom. The summed E-state index contributed by atoms with van der Waals surface area (Å²) in [5, 5.41) is 5.07. The summed E-state index contributed by atoms with van der Waals surface area (Å²) in [5.41, 5.74) is -0.680. The van der Waals surface area contributed by atoms with Gasteiger partial charge in [-0.3, -0.25) is 4.79 Å². The van der Waals surface area contributed by atoms with E-state index in [0.29, 0.717) is 12.8 Å². The van der Waals surface area contributed by atoms with Gasteiger partial charge in [-0.1, -0.05) is 12.2 Å². The molecular weight excluding hydrogens is 312 g/mol. The Morgan fingerprint density at radius 1 is 1.08 bits per heavy atom. The Balaban J connectivity index is 4.97. The normalized spacial score (nSPS) is 13.2. The minimum Gasteiger partial charge on any atom is -0.467 e. The van der Waals surface area contributed by atoms with E-state index in [9.17, 15) is 14.4 Å². The molecule has 2 amide bonds. The van der Waals surface area contributed by atoms with Gasteiger partial charge in [0.05, 0.1) is 7.11 Å². The zero-order valence-electron chi connectivity index (χ0n) is 14.9. The molecule has 0 fully saturated rings. The summed E-state index contributed by atoms with van der Waals surface area (Å²) in [6, 6.07) is -1.71. The number of esters is 1. The van der Waals surface area contributed by atoms with Crippen molar-refractivity contribution in [2.24, 2.45) is 0 Å². The van der Waals surface area contributed by atoms with Gasteiger partial charge in [-0.2, -0.15) is 0 Å². The van der Waals surface area contributed by atoms with Gasteiger partial charge in [0.25, 0.3) is 0 Å². The first-order valence-electron chi connectivity index (χ1n) is 7.74. The number of ether oxygens (including phenoxy) is 2. The third-order valence-corrected chi connectivity index (χ3v) is 2.87. The quantitative estimate of drug-likeness (QED) is 0.495. The molecule has 0 spiro atoms. The topological polar surface area (TPSA) is 93.7 Å². The summed E-state index contributed by atoms with van der Waals surface area (Å²) in [4.78, 5) is 36.0. The van der Waals surface area contributed by atoms with Gasteiger partial charge in [0.1, 0.15) is 17.7 Å². The number of nitrogens with one attached hydrogen (secondary N) is 2. The SMILES string of the molecule is C=CCC[C@H](NC(=O)OC(C)(C)C)C(=O)N[C@@H](CC=C)C(=O)OC. The summed E-state index contributed by atoms with van der Waals surface area (Å²) in [5.74, 6) is -1.08. The van der Waals surface area contributed by atoms with Gasteiger partial charge in [0.15, 0.2) is 0 Å². The molecule has 0 heterocycles. The van der Waals surface area contributed by atoms with Gasteiger partial charge in [-0.05, 0) is 40.0 Å². The van der Waals surface area contributed by atoms with Gasteiger partial charge >= 0.3 is 12.1 Å². The van der Waals surface area contributed by atoms with Gasteiger partial charge in [0, 0.05) is 0 Å². The Kier molecular flexibility index (Phi) is 9.45. The molecule has 0 aromatic carbocycles. The van der Waals surface area contributed by atoms with Crippen molar-refractivity contribution in [2.75, 3.05) is 7.11 Å². The van der Waals surface area contributed by atoms with E-state index < -0.39 is 35.7 Å². The van der Waals surface area contributed by atoms with Gasteiger partial charge in [0.2, 0.25) is 5.91 Å². The summed E-state index contributed by atoms with van der Waals surface area (Å²) < 4.78 is 9.80. The van der Waals surface area contributed by atoms with E-state index in [4.69, 9.17) is 4.74 Å². The molecule has 0 saturated heterocycles. The van der Waals surface area contributed by atoms with Crippen molar-refractivity contribution in [1.29, 1.82) is 0 Å². The lowest BCUT2D eigenvalue weighted by Crippen LogP contribution is -2.52. The molecule has 2 atom stereocenters. The van der Waals surface area contributed by atoms with E-state index in [-0.39, 0.29) is 6.42 Å². The van der Waals surface area contributed by atoms with Crippen molar-refractivity contribution in [3.8, 4) is 0 Å². The first kappa shape index (κ1) is 21.7. The van der Waals surface area contributed by atoms with Crippen LogP contribution in [0, 0.1) is 0 Å². The number of rotatable bonds is 9. The Hall–Kier alpha value is -2.31. The van der Waals surface area contributed by atoms with Crippen LogP contribution in [0.1, 0.15) is 40.0 Å². The summed E-state index contributed by atoms with van der Waals surface area (Å²) in [6.45, 7) is 12.3. The standard InChI is InChI=1S/C17H28N2O5/c1-7-9-11-12(19-16(22)24-17(3,4)5)14(20)18-13(10-8-2)15(21)23-6/h7-8,12-13H,1-2,9-11H2,3-6H3,(H,18,20)(H,19,22)/t12-,13-/m0/s1. The highest BCUT2D eigenvalue weighted by Gasteiger charge is 2.27. The van der Waals surface area contributed by atoms with Crippen molar-refractivity contribution in [2.45, 2.75) is 57.7 Å². The number of methoxy groups -OCH3 is 1. The van der Waals surface area contributed by atoms with Crippen LogP contribution in [0.3, 0.4) is 0 Å². The molecule has 0 aliphatic heterocycles. The first-order valence-corrected chi connectivity index (χ1v) is 7.74. The average Bonchev–Trinajstić information content (AvgIpc) is 2.48. The summed E-state index contributed by atoms with van der Waals surface area (Å²) >= 11 is 0. The molecule has 24 heavy (non-hydrogen) atoms. The van der Waals surface area contributed by atoms with Gasteiger partial charge in [-0.25, -0.2) is 9.59 Å². The maximum atomic E-state index is 12.4. The fraction of sp³-hybridized carbons (Fsp3) is 0.588.